The molecule has 1 atom stereocenters. The predicted molar refractivity (Wildman–Crippen MR) is 88.7 cm³/mol. The van der Waals surface area contributed by atoms with Crippen LogP contribution in [0.25, 0.3) is 0 Å². The number of halogens is 1. The molecule has 0 aliphatic carbocycles. The van der Waals surface area contributed by atoms with E-state index < -0.39 is 0 Å². The number of oxime groups is 1. The fraction of sp³-hybridized carbons (Fsp3) is 0.167. The number of nitrogens with zero attached hydrogens (tertiary/aromatic N) is 4. The highest BCUT2D eigenvalue weighted by Gasteiger charge is 2.29. The molecule has 4 rings (SSSR count). The van der Waals surface area contributed by atoms with E-state index in [2.05, 4.69) is 15.2 Å². The molecule has 2 aromatic carbocycles. The van der Waals surface area contributed by atoms with Crippen LogP contribution in [0, 0.1) is 5.82 Å². The molecule has 126 valence electrons. The van der Waals surface area contributed by atoms with Gasteiger partial charge in [0.2, 0.25) is 0 Å². The Bertz CT molecular complexity index is 878. The van der Waals surface area contributed by atoms with Crippen molar-refractivity contribution in [3.8, 4) is 5.75 Å². The molecule has 1 aromatic heterocycles. The molecule has 7 heteroatoms. The second kappa shape index (κ2) is 6.72. The SMILES string of the molecule is Fc1ccc(CO/N=C2/c3ccccc3OCC2n2cncn2)cc1. The summed E-state index contributed by atoms with van der Waals surface area (Å²) in [4.78, 5) is 9.52. The summed E-state index contributed by atoms with van der Waals surface area (Å²) in [6, 6.07) is 13.5. The van der Waals surface area contributed by atoms with Crippen LogP contribution in [0.2, 0.25) is 0 Å². The lowest BCUT2D eigenvalue weighted by molar-refractivity contribution is 0.127. The third-order valence-corrected chi connectivity index (χ3v) is 3.94. The van der Waals surface area contributed by atoms with Crippen LogP contribution in [0.1, 0.15) is 17.2 Å². The summed E-state index contributed by atoms with van der Waals surface area (Å²) < 4.78 is 20.5. The molecule has 2 heterocycles. The van der Waals surface area contributed by atoms with Crippen molar-refractivity contribution >= 4 is 5.71 Å². The molecular weight excluding hydrogens is 323 g/mol. The van der Waals surface area contributed by atoms with Gasteiger partial charge in [-0.15, -0.1) is 0 Å². The highest BCUT2D eigenvalue weighted by Crippen LogP contribution is 2.29. The molecule has 0 spiro atoms. The number of hydrogen-bond donors (Lipinski definition) is 0. The molecular formula is C18H15FN4O2. The minimum atomic E-state index is -0.278. The average molecular weight is 338 g/mol. The van der Waals surface area contributed by atoms with E-state index in [1.807, 2.05) is 24.3 Å². The number of hydrogen-bond acceptors (Lipinski definition) is 5. The van der Waals surface area contributed by atoms with Crippen molar-refractivity contribution in [3.63, 3.8) is 0 Å². The Morgan fingerprint density at radius 1 is 1.20 bits per heavy atom. The molecule has 0 amide bonds. The minimum absolute atomic E-state index is 0.231. The zero-order valence-electron chi connectivity index (χ0n) is 13.2. The minimum Gasteiger partial charge on any atom is -0.490 e. The topological polar surface area (TPSA) is 61.5 Å². The second-order valence-corrected chi connectivity index (χ2v) is 5.57. The summed E-state index contributed by atoms with van der Waals surface area (Å²) in [5.41, 5.74) is 2.41. The number of benzene rings is 2. The lowest BCUT2D eigenvalue weighted by Crippen LogP contribution is -2.31. The molecule has 0 fully saturated rings. The van der Waals surface area contributed by atoms with Gasteiger partial charge in [0.25, 0.3) is 0 Å². The van der Waals surface area contributed by atoms with Crippen LogP contribution < -0.4 is 4.74 Å². The van der Waals surface area contributed by atoms with Crippen molar-refractivity contribution in [1.29, 1.82) is 0 Å². The van der Waals surface area contributed by atoms with Crippen molar-refractivity contribution in [2.24, 2.45) is 5.16 Å². The quantitative estimate of drug-likeness (QED) is 0.686. The van der Waals surface area contributed by atoms with Gasteiger partial charge in [-0.25, -0.2) is 14.1 Å². The van der Waals surface area contributed by atoms with E-state index in [0.717, 1.165) is 22.6 Å². The Hall–Kier alpha value is -3.22. The molecule has 1 aliphatic rings. The third kappa shape index (κ3) is 3.21. The molecule has 0 bridgehead atoms. The average Bonchev–Trinajstić information content (AvgIpc) is 3.18. The zero-order chi connectivity index (χ0) is 17.1. The van der Waals surface area contributed by atoms with Gasteiger partial charge < -0.3 is 9.57 Å². The first-order valence-corrected chi connectivity index (χ1v) is 7.82. The van der Waals surface area contributed by atoms with Gasteiger partial charge in [-0.1, -0.05) is 29.4 Å². The van der Waals surface area contributed by atoms with Crippen molar-refractivity contribution in [1.82, 2.24) is 14.8 Å². The van der Waals surface area contributed by atoms with E-state index in [1.165, 1.54) is 18.5 Å². The molecule has 0 radical (unpaired) electrons. The van der Waals surface area contributed by atoms with Crippen LogP contribution in [0.15, 0.2) is 66.3 Å². The van der Waals surface area contributed by atoms with Gasteiger partial charge in [0, 0.05) is 5.56 Å². The fourth-order valence-corrected chi connectivity index (χ4v) is 2.68. The summed E-state index contributed by atoms with van der Waals surface area (Å²) in [6.45, 7) is 0.635. The van der Waals surface area contributed by atoms with E-state index >= 15 is 0 Å². The van der Waals surface area contributed by atoms with Crippen molar-refractivity contribution < 1.29 is 14.0 Å². The Balaban J connectivity index is 1.61. The maximum Gasteiger partial charge on any atom is 0.142 e. The van der Waals surface area contributed by atoms with E-state index in [4.69, 9.17) is 9.57 Å². The van der Waals surface area contributed by atoms with Crippen LogP contribution >= 0.6 is 0 Å². The summed E-state index contributed by atoms with van der Waals surface area (Å²) in [5, 5.41) is 8.52. The standard InChI is InChI=1S/C18H15FN4O2/c19-14-7-5-13(6-8-14)9-25-22-18-15-3-1-2-4-17(15)24-10-16(18)23-12-20-11-21-23/h1-8,11-12,16H,9-10H2/b22-18-. The highest BCUT2D eigenvalue weighted by molar-refractivity contribution is 6.06. The predicted octanol–water partition coefficient (Wildman–Crippen LogP) is 2.97. The Labute approximate surface area is 143 Å². The van der Waals surface area contributed by atoms with Crippen molar-refractivity contribution in [2.45, 2.75) is 12.6 Å². The first-order chi connectivity index (χ1) is 12.3. The van der Waals surface area contributed by atoms with Gasteiger partial charge in [0.1, 0.15) is 49.2 Å². The molecule has 0 saturated carbocycles. The van der Waals surface area contributed by atoms with Gasteiger partial charge >= 0.3 is 0 Å². The summed E-state index contributed by atoms with van der Waals surface area (Å²) in [5.74, 6) is 0.475. The van der Waals surface area contributed by atoms with Crippen LogP contribution in [-0.4, -0.2) is 27.1 Å². The number of fused-ring (bicyclic) bond motifs is 1. The van der Waals surface area contributed by atoms with Gasteiger partial charge in [-0.05, 0) is 29.8 Å². The Morgan fingerprint density at radius 3 is 2.84 bits per heavy atom. The lowest BCUT2D eigenvalue weighted by atomic mass is 10.0. The van der Waals surface area contributed by atoms with Crippen molar-refractivity contribution in [2.75, 3.05) is 6.61 Å². The largest absolute Gasteiger partial charge is 0.490 e. The lowest BCUT2D eigenvalue weighted by Gasteiger charge is -2.26. The number of para-hydroxylation sites is 1. The molecule has 0 N–H and O–H groups in total. The second-order valence-electron chi connectivity index (χ2n) is 5.57. The molecule has 6 nitrogen and oxygen atoms in total. The number of ether oxygens (including phenoxy) is 1. The molecule has 0 saturated heterocycles. The molecule has 1 unspecified atom stereocenters. The van der Waals surface area contributed by atoms with E-state index in [-0.39, 0.29) is 18.5 Å². The van der Waals surface area contributed by atoms with Gasteiger partial charge in [0.05, 0.1) is 0 Å². The summed E-state index contributed by atoms with van der Waals surface area (Å²) in [6.07, 6.45) is 3.09. The van der Waals surface area contributed by atoms with Crippen molar-refractivity contribution in [3.05, 3.63) is 78.1 Å². The Morgan fingerprint density at radius 2 is 2.04 bits per heavy atom. The number of aromatic nitrogens is 3. The normalized spacial score (nSPS) is 17.8. The van der Waals surface area contributed by atoms with Crippen LogP contribution in [-0.2, 0) is 11.4 Å². The first-order valence-electron chi connectivity index (χ1n) is 7.82. The van der Waals surface area contributed by atoms with Crippen LogP contribution in [0.4, 0.5) is 4.39 Å². The van der Waals surface area contributed by atoms with Gasteiger partial charge in [-0.3, -0.25) is 0 Å². The smallest absolute Gasteiger partial charge is 0.142 e. The van der Waals surface area contributed by atoms with E-state index in [0.29, 0.717) is 6.61 Å². The number of rotatable bonds is 4. The molecule has 3 aromatic rings. The zero-order valence-corrected chi connectivity index (χ0v) is 13.2. The van der Waals surface area contributed by atoms with E-state index in [9.17, 15) is 4.39 Å². The monoisotopic (exact) mass is 338 g/mol. The Kier molecular flexibility index (Phi) is 4.12. The maximum atomic E-state index is 13.0. The third-order valence-electron chi connectivity index (χ3n) is 3.94. The molecule has 1 aliphatic heterocycles. The summed E-state index contributed by atoms with van der Waals surface area (Å²) in [7, 11) is 0. The van der Waals surface area contributed by atoms with Gasteiger partial charge in [0.15, 0.2) is 0 Å². The molecule has 25 heavy (non-hydrogen) atoms. The first kappa shape index (κ1) is 15.3. The van der Waals surface area contributed by atoms with E-state index in [1.54, 1.807) is 23.1 Å². The van der Waals surface area contributed by atoms with Crippen LogP contribution in [0.3, 0.4) is 0 Å². The van der Waals surface area contributed by atoms with Crippen LogP contribution in [0.5, 0.6) is 5.75 Å². The highest BCUT2D eigenvalue weighted by atomic mass is 19.1. The summed E-state index contributed by atoms with van der Waals surface area (Å²) >= 11 is 0. The van der Waals surface area contributed by atoms with Gasteiger partial charge in [-0.2, -0.15) is 5.10 Å². The maximum absolute atomic E-state index is 13.0. The fourth-order valence-electron chi connectivity index (χ4n) is 2.68.